The molecule has 7 heteroatoms. The van der Waals surface area contributed by atoms with E-state index in [4.69, 9.17) is 9.15 Å². The highest BCUT2D eigenvalue weighted by Crippen LogP contribution is 2.25. The van der Waals surface area contributed by atoms with Crippen molar-refractivity contribution in [3.05, 3.63) is 81.2 Å². The number of nitro groups is 1. The Labute approximate surface area is 149 Å². The Hall–Kier alpha value is -3.48. The summed E-state index contributed by atoms with van der Waals surface area (Å²) in [7, 11) is 0. The van der Waals surface area contributed by atoms with Gasteiger partial charge in [0.1, 0.15) is 23.6 Å². The molecule has 0 fully saturated rings. The number of para-hydroxylation sites is 1. The predicted molar refractivity (Wildman–Crippen MR) is 93.6 cm³/mol. The average Bonchev–Trinajstić information content (AvgIpc) is 3.00. The zero-order valence-corrected chi connectivity index (χ0v) is 14.3. The molecule has 3 rings (SSSR count). The molecule has 0 radical (unpaired) electrons. The third-order valence-corrected chi connectivity index (χ3v) is 3.89. The molecule has 0 N–H and O–H groups in total. The van der Waals surface area contributed by atoms with Crippen LogP contribution in [0.2, 0.25) is 0 Å². The molecular weight excluding hydrogens is 336 g/mol. The van der Waals surface area contributed by atoms with Gasteiger partial charge >= 0.3 is 5.97 Å². The van der Waals surface area contributed by atoms with Crippen molar-refractivity contribution in [3.8, 4) is 11.5 Å². The summed E-state index contributed by atoms with van der Waals surface area (Å²) in [5, 5.41) is 11.2. The fourth-order valence-corrected chi connectivity index (χ4v) is 2.54. The standard InChI is InChI=1S/C19H16N2O5/c1-12-7-6-10-15(17(12)21(23)24)19(22)25-11-16-13(2)26-18(20-16)14-8-4-3-5-9-14/h3-10H,11H2,1-2H3. The van der Waals surface area contributed by atoms with E-state index in [9.17, 15) is 14.9 Å². The summed E-state index contributed by atoms with van der Waals surface area (Å²) in [6, 6.07) is 13.9. The van der Waals surface area contributed by atoms with Crippen LogP contribution in [0.3, 0.4) is 0 Å². The lowest BCUT2D eigenvalue weighted by atomic mass is 10.1. The number of nitro benzene ring substituents is 1. The molecule has 0 aliphatic heterocycles. The van der Waals surface area contributed by atoms with Crippen molar-refractivity contribution < 1.29 is 18.9 Å². The van der Waals surface area contributed by atoms with Crippen LogP contribution in [0.25, 0.3) is 11.5 Å². The Kier molecular flexibility index (Phi) is 4.79. The summed E-state index contributed by atoms with van der Waals surface area (Å²) in [5.74, 6) is 0.176. The lowest BCUT2D eigenvalue weighted by Crippen LogP contribution is -2.09. The van der Waals surface area contributed by atoms with E-state index in [1.807, 2.05) is 30.3 Å². The van der Waals surface area contributed by atoms with E-state index < -0.39 is 10.9 Å². The molecule has 1 aromatic heterocycles. The minimum Gasteiger partial charge on any atom is -0.455 e. The fourth-order valence-electron chi connectivity index (χ4n) is 2.54. The second kappa shape index (κ2) is 7.18. The Morgan fingerprint density at radius 1 is 1.15 bits per heavy atom. The molecule has 1 heterocycles. The highest BCUT2D eigenvalue weighted by atomic mass is 16.6. The zero-order valence-electron chi connectivity index (χ0n) is 14.3. The van der Waals surface area contributed by atoms with Gasteiger partial charge in [-0.3, -0.25) is 10.1 Å². The number of nitrogens with zero attached hydrogens (tertiary/aromatic N) is 2. The number of oxazole rings is 1. The van der Waals surface area contributed by atoms with Gasteiger partial charge in [-0.05, 0) is 32.0 Å². The van der Waals surface area contributed by atoms with E-state index in [0.717, 1.165) is 5.56 Å². The molecule has 0 spiro atoms. The number of esters is 1. The summed E-state index contributed by atoms with van der Waals surface area (Å²) < 4.78 is 10.8. The number of carbonyl (C=O) groups is 1. The van der Waals surface area contributed by atoms with E-state index in [0.29, 0.717) is 22.9 Å². The van der Waals surface area contributed by atoms with Crippen molar-refractivity contribution in [2.45, 2.75) is 20.5 Å². The van der Waals surface area contributed by atoms with Crippen LogP contribution in [0.15, 0.2) is 52.9 Å². The molecule has 0 saturated heterocycles. The van der Waals surface area contributed by atoms with E-state index in [1.165, 1.54) is 6.07 Å². The van der Waals surface area contributed by atoms with Gasteiger partial charge in [0.25, 0.3) is 5.69 Å². The van der Waals surface area contributed by atoms with Gasteiger partial charge < -0.3 is 9.15 Å². The van der Waals surface area contributed by atoms with Gasteiger partial charge in [-0.25, -0.2) is 9.78 Å². The second-order valence-electron chi connectivity index (χ2n) is 5.69. The first-order chi connectivity index (χ1) is 12.5. The van der Waals surface area contributed by atoms with Crippen LogP contribution < -0.4 is 0 Å². The second-order valence-corrected chi connectivity index (χ2v) is 5.69. The maximum Gasteiger partial charge on any atom is 0.345 e. The van der Waals surface area contributed by atoms with Crippen molar-refractivity contribution in [3.63, 3.8) is 0 Å². The molecule has 3 aromatic rings. The normalized spacial score (nSPS) is 10.5. The van der Waals surface area contributed by atoms with Crippen LogP contribution in [0, 0.1) is 24.0 Å². The largest absolute Gasteiger partial charge is 0.455 e. The third-order valence-electron chi connectivity index (χ3n) is 3.89. The quantitative estimate of drug-likeness (QED) is 0.387. The highest BCUT2D eigenvalue weighted by molar-refractivity contribution is 5.94. The minimum atomic E-state index is -0.774. The Morgan fingerprint density at radius 3 is 2.58 bits per heavy atom. The van der Waals surface area contributed by atoms with E-state index >= 15 is 0 Å². The smallest absolute Gasteiger partial charge is 0.345 e. The van der Waals surface area contributed by atoms with Crippen LogP contribution in [-0.2, 0) is 11.3 Å². The number of ether oxygens (including phenoxy) is 1. The van der Waals surface area contributed by atoms with Crippen LogP contribution in [-0.4, -0.2) is 15.9 Å². The number of rotatable bonds is 5. The van der Waals surface area contributed by atoms with Crippen molar-refractivity contribution in [1.82, 2.24) is 4.98 Å². The molecule has 132 valence electrons. The van der Waals surface area contributed by atoms with Crippen molar-refractivity contribution >= 4 is 11.7 Å². The predicted octanol–water partition coefficient (Wildman–Crippen LogP) is 4.22. The van der Waals surface area contributed by atoms with Gasteiger partial charge in [0.2, 0.25) is 5.89 Å². The van der Waals surface area contributed by atoms with Gasteiger partial charge in [-0.1, -0.05) is 30.3 Å². The topological polar surface area (TPSA) is 95.5 Å². The first-order valence-corrected chi connectivity index (χ1v) is 7.90. The SMILES string of the molecule is Cc1cccc(C(=O)OCc2nc(-c3ccccc3)oc2C)c1[N+](=O)[O-]. The fraction of sp³-hybridized carbons (Fsp3) is 0.158. The molecule has 0 aliphatic carbocycles. The number of aryl methyl sites for hydroxylation is 2. The van der Waals surface area contributed by atoms with Crippen molar-refractivity contribution in [2.75, 3.05) is 0 Å². The molecule has 0 saturated carbocycles. The zero-order chi connectivity index (χ0) is 18.7. The summed E-state index contributed by atoms with van der Waals surface area (Å²) in [4.78, 5) is 27.3. The molecule has 26 heavy (non-hydrogen) atoms. The van der Waals surface area contributed by atoms with E-state index in [2.05, 4.69) is 4.98 Å². The third kappa shape index (κ3) is 3.46. The lowest BCUT2D eigenvalue weighted by molar-refractivity contribution is -0.385. The van der Waals surface area contributed by atoms with Crippen molar-refractivity contribution in [1.29, 1.82) is 0 Å². The first kappa shape index (κ1) is 17.3. The Balaban J connectivity index is 1.78. The van der Waals surface area contributed by atoms with Gasteiger partial charge in [0.15, 0.2) is 0 Å². The minimum absolute atomic E-state index is 0.0839. The first-order valence-electron chi connectivity index (χ1n) is 7.90. The molecule has 0 unspecified atom stereocenters. The van der Waals surface area contributed by atoms with E-state index in [-0.39, 0.29) is 17.9 Å². The number of carbonyl (C=O) groups excluding carboxylic acids is 1. The average molecular weight is 352 g/mol. The number of hydrogen-bond donors (Lipinski definition) is 0. The molecule has 2 aromatic carbocycles. The maximum atomic E-state index is 12.3. The molecular formula is C19H16N2O5. The van der Waals surface area contributed by atoms with E-state index in [1.54, 1.807) is 26.0 Å². The molecule has 7 nitrogen and oxygen atoms in total. The van der Waals surface area contributed by atoms with Crippen molar-refractivity contribution in [2.24, 2.45) is 0 Å². The van der Waals surface area contributed by atoms with Gasteiger partial charge in [-0.2, -0.15) is 0 Å². The Bertz CT molecular complexity index is 963. The number of benzene rings is 2. The van der Waals surface area contributed by atoms with Gasteiger partial charge in [0, 0.05) is 11.1 Å². The molecule has 0 bridgehead atoms. The van der Waals surface area contributed by atoms with Gasteiger partial charge in [0.05, 0.1) is 4.92 Å². The molecule has 0 amide bonds. The highest BCUT2D eigenvalue weighted by Gasteiger charge is 2.24. The number of hydrogen-bond acceptors (Lipinski definition) is 6. The van der Waals surface area contributed by atoms with Gasteiger partial charge in [-0.15, -0.1) is 0 Å². The van der Waals surface area contributed by atoms with Crippen LogP contribution >= 0.6 is 0 Å². The van der Waals surface area contributed by atoms with Crippen LogP contribution in [0.4, 0.5) is 5.69 Å². The Morgan fingerprint density at radius 2 is 1.88 bits per heavy atom. The van der Waals surface area contributed by atoms with Crippen LogP contribution in [0.5, 0.6) is 0 Å². The molecule has 0 aliphatic rings. The summed E-state index contributed by atoms with van der Waals surface area (Å²) in [5.41, 5.74) is 1.34. The summed E-state index contributed by atoms with van der Waals surface area (Å²) in [6.07, 6.45) is 0. The number of aromatic nitrogens is 1. The lowest BCUT2D eigenvalue weighted by Gasteiger charge is -2.05. The maximum absolute atomic E-state index is 12.3. The van der Waals surface area contributed by atoms with Crippen LogP contribution in [0.1, 0.15) is 27.4 Å². The monoisotopic (exact) mass is 352 g/mol. The summed E-state index contributed by atoms with van der Waals surface area (Å²) in [6.45, 7) is 3.16. The molecule has 0 atom stereocenters. The summed E-state index contributed by atoms with van der Waals surface area (Å²) >= 11 is 0.